The molecule has 0 bridgehead atoms. The first-order valence-corrected chi connectivity index (χ1v) is 8.65. The van der Waals surface area contributed by atoms with Crippen LogP contribution in [0.4, 0.5) is 0 Å². The lowest BCUT2D eigenvalue weighted by atomic mass is 9.87. The Labute approximate surface area is 89.2 Å². The Bertz CT molecular complexity index is 153. The van der Waals surface area contributed by atoms with Crippen LogP contribution in [0.25, 0.3) is 0 Å². The van der Waals surface area contributed by atoms with E-state index >= 15 is 0 Å². The van der Waals surface area contributed by atoms with Crippen molar-refractivity contribution in [3.63, 3.8) is 0 Å². The van der Waals surface area contributed by atoms with E-state index in [0.717, 1.165) is 12.5 Å². The SMILES string of the molecule is CO[Si](C)(C)OCCC1CCCCC1. The molecule has 1 rings (SSSR count). The van der Waals surface area contributed by atoms with Crippen molar-refractivity contribution in [1.29, 1.82) is 0 Å². The topological polar surface area (TPSA) is 18.5 Å². The highest BCUT2D eigenvalue weighted by Gasteiger charge is 2.23. The van der Waals surface area contributed by atoms with Crippen molar-refractivity contribution in [2.24, 2.45) is 5.92 Å². The van der Waals surface area contributed by atoms with Crippen LogP contribution in [0.1, 0.15) is 38.5 Å². The minimum absolute atomic E-state index is 0.901. The van der Waals surface area contributed by atoms with Crippen molar-refractivity contribution >= 4 is 8.56 Å². The van der Waals surface area contributed by atoms with Crippen LogP contribution in [0.3, 0.4) is 0 Å². The van der Waals surface area contributed by atoms with Gasteiger partial charge in [-0.3, -0.25) is 0 Å². The maximum atomic E-state index is 5.80. The number of hydrogen-bond acceptors (Lipinski definition) is 2. The lowest BCUT2D eigenvalue weighted by Gasteiger charge is -2.24. The molecule has 0 atom stereocenters. The van der Waals surface area contributed by atoms with Gasteiger partial charge in [-0.2, -0.15) is 0 Å². The molecule has 0 radical (unpaired) electrons. The van der Waals surface area contributed by atoms with Gasteiger partial charge in [-0.1, -0.05) is 32.1 Å². The van der Waals surface area contributed by atoms with E-state index in [0.29, 0.717) is 0 Å². The molecular formula is C11H24O2Si. The van der Waals surface area contributed by atoms with Crippen molar-refractivity contribution in [2.45, 2.75) is 51.6 Å². The summed E-state index contributed by atoms with van der Waals surface area (Å²) in [5.74, 6) is 0.922. The molecule has 1 aliphatic rings. The van der Waals surface area contributed by atoms with E-state index in [1.165, 1.54) is 38.5 Å². The molecule has 1 aliphatic carbocycles. The lowest BCUT2D eigenvalue weighted by Crippen LogP contribution is -2.34. The van der Waals surface area contributed by atoms with Crippen LogP contribution in [-0.4, -0.2) is 22.3 Å². The van der Waals surface area contributed by atoms with Gasteiger partial charge in [-0.15, -0.1) is 0 Å². The highest BCUT2D eigenvalue weighted by molar-refractivity contribution is 6.64. The molecule has 0 unspecified atom stereocenters. The maximum absolute atomic E-state index is 5.80. The highest BCUT2D eigenvalue weighted by Crippen LogP contribution is 2.26. The van der Waals surface area contributed by atoms with Gasteiger partial charge in [0.2, 0.25) is 0 Å². The summed E-state index contributed by atoms with van der Waals surface area (Å²) in [4.78, 5) is 0. The van der Waals surface area contributed by atoms with Gasteiger partial charge >= 0.3 is 8.56 Å². The summed E-state index contributed by atoms with van der Waals surface area (Å²) in [7, 11) is -0.00502. The maximum Gasteiger partial charge on any atom is 0.331 e. The summed E-state index contributed by atoms with van der Waals surface area (Å²) in [6.45, 7) is 5.11. The van der Waals surface area contributed by atoms with E-state index in [1.807, 2.05) is 0 Å². The average molecular weight is 216 g/mol. The Hall–Kier alpha value is 0.137. The number of hydrogen-bond donors (Lipinski definition) is 0. The molecule has 3 heteroatoms. The second-order valence-electron chi connectivity index (χ2n) is 4.75. The molecule has 0 aromatic carbocycles. The molecule has 0 heterocycles. The molecular weight excluding hydrogens is 192 g/mol. The van der Waals surface area contributed by atoms with Gasteiger partial charge < -0.3 is 8.85 Å². The third kappa shape index (κ3) is 4.58. The minimum atomic E-state index is -1.76. The van der Waals surface area contributed by atoms with Gasteiger partial charge in [0.25, 0.3) is 0 Å². The van der Waals surface area contributed by atoms with Crippen LogP contribution >= 0.6 is 0 Å². The molecule has 1 saturated carbocycles. The summed E-state index contributed by atoms with van der Waals surface area (Å²) >= 11 is 0. The van der Waals surface area contributed by atoms with Gasteiger partial charge in [0.05, 0.1) is 0 Å². The lowest BCUT2D eigenvalue weighted by molar-refractivity contribution is 0.184. The van der Waals surface area contributed by atoms with Gasteiger partial charge in [0.1, 0.15) is 0 Å². The van der Waals surface area contributed by atoms with E-state index in [4.69, 9.17) is 8.85 Å². The van der Waals surface area contributed by atoms with Crippen molar-refractivity contribution in [3.8, 4) is 0 Å². The smallest absolute Gasteiger partial charge is 0.331 e. The molecule has 2 nitrogen and oxygen atoms in total. The van der Waals surface area contributed by atoms with Gasteiger partial charge in [-0.25, -0.2) is 0 Å². The summed E-state index contributed by atoms with van der Waals surface area (Å²) in [6, 6.07) is 0. The molecule has 0 aromatic heterocycles. The molecule has 0 aliphatic heterocycles. The van der Waals surface area contributed by atoms with Crippen LogP contribution in [0.15, 0.2) is 0 Å². The molecule has 0 spiro atoms. The van der Waals surface area contributed by atoms with Crippen LogP contribution < -0.4 is 0 Å². The Kier molecular flexibility index (Phi) is 5.13. The first-order chi connectivity index (χ1) is 6.64. The zero-order valence-electron chi connectivity index (χ0n) is 9.84. The van der Waals surface area contributed by atoms with Crippen LogP contribution in [-0.2, 0) is 8.85 Å². The van der Waals surface area contributed by atoms with E-state index in [-0.39, 0.29) is 0 Å². The van der Waals surface area contributed by atoms with Crippen LogP contribution in [0.5, 0.6) is 0 Å². The minimum Gasteiger partial charge on any atom is -0.398 e. The standard InChI is InChI=1S/C11H24O2Si/c1-12-14(2,3)13-10-9-11-7-5-4-6-8-11/h11H,4-10H2,1-3H3. The van der Waals surface area contributed by atoms with Crippen molar-refractivity contribution in [3.05, 3.63) is 0 Å². The summed E-state index contributed by atoms with van der Waals surface area (Å²) in [6.07, 6.45) is 8.36. The first-order valence-electron chi connectivity index (χ1n) is 5.83. The summed E-state index contributed by atoms with van der Waals surface area (Å²) < 4.78 is 11.1. The predicted octanol–water partition coefficient (Wildman–Crippen LogP) is 3.32. The molecule has 1 fully saturated rings. The fourth-order valence-corrected chi connectivity index (χ4v) is 2.73. The zero-order valence-corrected chi connectivity index (χ0v) is 10.8. The monoisotopic (exact) mass is 216 g/mol. The molecule has 0 saturated heterocycles. The van der Waals surface area contributed by atoms with E-state index in [2.05, 4.69) is 13.1 Å². The Morgan fingerprint density at radius 2 is 1.79 bits per heavy atom. The summed E-state index contributed by atoms with van der Waals surface area (Å²) in [5, 5.41) is 0. The Morgan fingerprint density at radius 3 is 2.36 bits per heavy atom. The normalized spacial score (nSPS) is 19.9. The molecule has 0 N–H and O–H groups in total. The second-order valence-corrected chi connectivity index (χ2v) is 8.24. The van der Waals surface area contributed by atoms with E-state index in [9.17, 15) is 0 Å². The highest BCUT2D eigenvalue weighted by atomic mass is 28.4. The fourth-order valence-electron chi connectivity index (χ4n) is 2.01. The number of rotatable bonds is 5. The fraction of sp³-hybridized carbons (Fsp3) is 1.00. The van der Waals surface area contributed by atoms with Crippen molar-refractivity contribution < 1.29 is 8.85 Å². The molecule has 14 heavy (non-hydrogen) atoms. The molecule has 0 amide bonds. The van der Waals surface area contributed by atoms with E-state index < -0.39 is 8.56 Å². The summed E-state index contributed by atoms with van der Waals surface area (Å²) in [5.41, 5.74) is 0. The van der Waals surface area contributed by atoms with Crippen molar-refractivity contribution in [1.82, 2.24) is 0 Å². The largest absolute Gasteiger partial charge is 0.398 e. The van der Waals surface area contributed by atoms with Crippen LogP contribution in [0, 0.1) is 5.92 Å². The predicted molar refractivity (Wildman–Crippen MR) is 61.6 cm³/mol. The average Bonchev–Trinajstić information content (AvgIpc) is 2.19. The van der Waals surface area contributed by atoms with Crippen LogP contribution in [0.2, 0.25) is 13.1 Å². The van der Waals surface area contributed by atoms with Gasteiger partial charge in [0, 0.05) is 13.7 Å². The van der Waals surface area contributed by atoms with E-state index in [1.54, 1.807) is 7.11 Å². The van der Waals surface area contributed by atoms with Gasteiger partial charge in [0.15, 0.2) is 0 Å². The first kappa shape index (κ1) is 12.2. The Morgan fingerprint density at radius 1 is 1.14 bits per heavy atom. The quantitative estimate of drug-likeness (QED) is 0.656. The Balaban J connectivity index is 2.08. The second kappa shape index (κ2) is 5.88. The molecule has 0 aromatic rings. The third-order valence-electron chi connectivity index (χ3n) is 3.19. The zero-order chi connectivity index (χ0) is 10.4. The molecule has 84 valence electrons. The van der Waals surface area contributed by atoms with Gasteiger partial charge in [-0.05, 0) is 25.4 Å². The van der Waals surface area contributed by atoms with Crippen molar-refractivity contribution in [2.75, 3.05) is 13.7 Å². The third-order valence-corrected chi connectivity index (χ3v) is 5.07.